The van der Waals surface area contributed by atoms with Crippen LogP contribution in [0.2, 0.25) is 0 Å². The Bertz CT molecular complexity index is 1210. The van der Waals surface area contributed by atoms with Gasteiger partial charge in [-0.15, -0.1) is 4.83 Å². The minimum atomic E-state index is -4.03. The Morgan fingerprint density at radius 1 is 1.00 bits per heavy atom. The van der Waals surface area contributed by atoms with E-state index in [4.69, 9.17) is 4.74 Å². The van der Waals surface area contributed by atoms with E-state index in [1.807, 2.05) is 36.4 Å². The first-order valence-corrected chi connectivity index (χ1v) is 14.1. The Balaban J connectivity index is 1.30. The molecule has 9 nitrogen and oxygen atoms in total. The van der Waals surface area contributed by atoms with Gasteiger partial charge in [0, 0.05) is 12.6 Å². The van der Waals surface area contributed by atoms with Crippen LogP contribution in [0.25, 0.3) is 0 Å². The zero-order valence-electron chi connectivity index (χ0n) is 20.4. The first-order chi connectivity index (χ1) is 17.3. The fourth-order valence-electron chi connectivity index (χ4n) is 4.57. The van der Waals surface area contributed by atoms with Crippen LogP contribution < -0.4 is 14.9 Å². The van der Waals surface area contributed by atoms with Crippen LogP contribution in [0.3, 0.4) is 0 Å². The number of carbonyl (C=O) groups is 2. The summed E-state index contributed by atoms with van der Waals surface area (Å²) in [6.45, 7) is 0.578. The molecule has 192 valence electrons. The van der Waals surface area contributed by atoms with Crippen LogP contribution in [0.4, 0.5) is 4.79 Å². The monoisotopic (exact) mass is 512 g/mol. The quantitative estimate of drug-likeness (QED) is 0.481. The number of carbonyl (C=O) groups excluding carboxylic acids is 2. The summed E-state index contributed by atoms with van der Waals surface area (Å²) in [7, 11) is -2.41. The van der Waals surface area contributed by atoms with Gasteiger partial charge in [0.2, 0.25) is 15.9 Å². The molecule has 3 fully saturated rings. The molecule has 2 aromatic carbocycles. The van der Waals surface area contributed by atoms with Crippen molar-refractivity contribution < 1.29 is 22.7 Å². The van der Waals surface area contributed by atoms with E-state index in [0.29, 0.717) is 18.9 Å². The molecule has 36 heavy (non-hydrogen) atoms. The lowest BCUT2D eigenvalue weighted by molar-refractivity contribution is -0.118. The molecule has 0 radical (unpaired) electrons. The summed E-state index contributed by atoms with van der Waals surface area (Å²) in [5.74, 6) is 0.122. The molecule has 1 heterocycles. The minimum Gasteiger partial charge on any atom is -0.497 e. The topological polar surface area (TPSA) is 108 Å². The number of rotatable bonds is 11. The van der Waals surface area contributed by atoms with Crippen LogP contribution in [0.15, 0.2) is 48.5 Å². The van der Waals surface area contributed by atoms with Crippen molar-refractivity contribution in [2.45, 2.75) is 50.1 Å². The van der Waals surface area contributed by atoms with Gasteiger partial charge in [0.05, 0.1) is 19.7 Å². The Hall–Kier alpha value is -3.11. The van der Waals surface area contributed by atoms with Gasteiger partial charge in [0.15, 0.2) is 0 Å². The smallest absolute Gasteiger partial charge is 0.335 e. The van der Waals surface area contributed by atoms with Crippen molar-refractivity contribution in [3.05, 3.63) is 65.2 Å². The maximum absolute atomic E-state index is 13.4. The van der Waals surface area contributed by atoms with Crippen molar-refractivity contribution in [1.29, 1.82) is 0 Å². The highest BCUT2D eigenvalue weighted by Crippen LogP contribution is 2.40. The van der Waals surface area contributed by atoms with E-state index in [0.717, 1.165) is 34.7 Å². The average molecular weight is 513 g/mol. The predicted octanol–water partition coefficient (Wildman–Crippen LogP) is 2.71. The lowest BCUT2D eigenvalue weighted by atomic mass is 10.0. The van der Waals surface area contributed by atoms with E-state index in [1.165, 1.54) is 18.4 Å². The van der Waals surface area contributed by atoms with Crippen molar-refractivity contribution >= 4 is 22.0 Å². The second kappa shape index (κ2) is 10.1. The van der Waals surface area contributed by atoms with Crippen LogP contribution in [0.1, 0.15) is 54.3 Å². The van der Waals surface area contributed by atoms with Gasteiger partial charge in [0.1, 0.15) is 11.5 Å². The molecule has 1 atom stereocenters. The molecule has 1 saturated heterocycles. The molecule has 2 N–H and O–H groups in total. The van der Waals surface area contributed by atoms with Crippen molar-refractivity contribution in [2.24, 2.45) is 0 Å². The van der Waals surface area contributed by atoms with Gasteiger partial charge in [-0.25, -0.2) is 18.2 Å². The summed E-state index contributed by atoms with van der Waals surface area (Å²) in [4.78, 5) is 29.5. The summed E-state index contributed by atoms with van der Waals surface area (Å²) in [6.07, 6.45) is 4.76. The van der Waals surface area contributed by atoms with Crippen LogP contribution >= 0.6 is 0 Å². The summed E-state index contributed by atoms with van der Waals surface area (Å²) in [5, 5.41) is 3.79. The molecule has 0 bridgehead atoms. The number of amides is 3. The number of benzene rings is 2. The molecule has 1 aliphatic heterocycles. The van der Waals surface area contributed by atoms with Crippen molar-refractivity contribution in [3.63, 3.8) is 0 Å². The van der Waals surface area contributed by atoms with E-state index in [-0.39, 0.29) is 18.6 Å². The zero-order chi connectivity index (χ0) is 25.3. The van der Waals surface area contributed by atoms with Crippen molar-refractivity contribution in [1.82, 2.24) is 20.1 Å². The number of methoxy groups -OCH3 is 1. The van der Waals surface area contributed by atoms with Gasteiger partial charge in [-0.2, -0.15) is 0 Å². The highest BCUT2D eigenvalue weighted by atomic mass is 32.2. The lowest BCUT2D eigenvalue weighted by Gasteiger charge is -2.23. The largest absolute Gasteiger partial charge is 0.497 e. The van der Waals surface area contributed by atoms with Gasteiger partial charge in [-0.3, -0.25) is 4.79 Å². The fourth-order valence-corrected chi connectivity index (χ4v) is 5.55. The van der Waals surface area contributed by atoms with Crippen LogP contribution in [0, 0.1) is 0 Å². The second-order valence-electron chi connectivity index (χ2n) is 9.83. The van der Waals surface area contributed by atoms with Gasteiger partial charge in [0.25, 0.3) is 0 Å². The molecule has 2 aliphatic carbocycles. The molecule has 2 aromatic rings. The van der Waals surface area contributed by atoms with E-state index in [1.54, 1.807) is 12.0 Å². The number of sulfonamides is 1. The maximum Gasteiger partial charge on any atom is 0.335 e. The highest BCUT2D eigenvalue weighted by molar-refractivity contribution is 7.90. The summed E-state index contributed by atoms with van der Waals surface area (Å²) >= 11 is 0. The van der Waals surface area contributed by atoms with Gasteiger partial charge in [-0.05, 0) is 66.8 Å². The lowest BCUT2D eigenvalue weighted by Crippen LogP contribution is -2.48. The van der Waals surface area contributed by atoms with E-state index in [9.17, 15) is 18.0 Å². The van der Waals surface area contributed by atoms with Crippen LogP contribution in [-0.4, -0.2) is 62.3 Å². The predicted molar refractivity (Wildman–Crippen MR) is 135 cm³/mol. The summed E-state index contributed by atoms with van der Waals surface area (Å²) < 4.78 is 30.5. The third-order valence-corrected chi connectivity index (χ3v) is 8.03. The first-order valence-electron chi connectivity index (χ1n) is 12.4. The average Bonchev–Trinajstić information content (AvgIpc) is 3.78. The third kappa shape index (κ3) is 5.99. The Labute approximate surface area is 211 Å². The van der Waals surface area contributed by atoms with Crippen molar-refractivity contribution in [2.75, 3.05) is 26.0 Å². The third-order valence-electron chi connectivity index (χ3n) is 6.89. The Kier molecular flexibility index (Phi) is 6.90. The van der Waals surface area contributed by atoms with E-state index in [2.05, 4.69) is 22.3 Å². The molecule has 5 rings (SSSR count). The van der Waals surface area contributed by atoms with Crippen LogP contribution in [0.5, 0.6) is 5.75 Å². The molecular weight excluding hydrogens is 480 g/mol. The standard InChI is InChI=1S/C26H32N4O5S/c1-35-23-12-2-18(3-13-23)14-15-29-24(21-8-6-20(7-9-21)19-4-5-19)16-30(26(29)32)28-36(33,34)17-25(31)27-22-10-11-22/h2-3,6-9,12-13,19,22,24,28H,4-5,10-11,14-17H2,1H3,(H,27,31). The number of nitrogens with one attached hydrogen (secondary N) is 2. The molecular formula is C26H32N4O5S. The molecule has 0 aromatic heterocycles. The molecule has 1 unspecified atom stereocenters. The number of hydrogen-bond donors (Lipinski definition) is 2. The Morgan fingerprint density at radius 3 is 2.28 bits per heavy atom. The number of urea groups is 1. The van der Waals surface area contributed by atoms with Gasteiger partial charge >= 0.3 is 6.03 Å². The minimum absolute atomic E-state index is 0.0672. The number of nitrogens with zero attached hydrogens (tertiary/aromatic N) is 2. The second-order valence-corrected chi connectivity index (χ2v) is 11.5. The highest BCUT2D eigenvalue weighted by Gasteiger charge is 2.40. The van der Waals surface area contributed by atoms with Gasteiger partial charge in [-0.1, -0.05) is 36.4 Å². The molecule has 3 amide bonds. The molecule has 3 aliphatic rings. The SMILES string of the molecule is COc1ccc(CCN2C(=O)N(NS(=O)(=O)CC(=O)NC3CC3)CC2c2ccc(C3CC3)cc2)cc1. The Morgan fingerprint density at radius 2 is 1.67 bits per heavy atom. The number of hydrazine groups is 1. The first kappa shape index (κ1) is 24.6. The molecule has 0 spiro atoms. The van der Waals surface area contributed by atoms with E-state index < -0.39 is 27.7 Å². The fraction of sp³-hybridized carbons (Fsp3) is 0.462. The van der Waals surface area contributed by atoms with E-state index >= 15 is 0 Å². The maximum atomic E-state index is 13.4. The zero-order valence-corrected chi connectivity index (χ0v) is 21.2. The number of hydrogen-bond acceptors (Lipinski definition) is 5. The summed E-state index contributed by atoms with van der Waals surface area (Å²) in [5.41, 5.74) is 3.30. The summed E-state index contributed by atoms with van der Waals surface area (Å²) in [6, 6.07) is 15.3. The van der Waals surface area contributed by atoms with Crippen molar-refractivity contribution in [3.8, 4) is 5.75 Å². The normalized spacial score (nSPS) is 20.0. The molecule has 10 heteroatoms. The van der Waals surface area contributed by atoms with Gasteiger partial charge < -0.3 is 15.0 Å². The number of ether oxygens (including phenoxy) is 1. The molecule has 2 saturated carbocycles. The van der Waals surface area contributed by atoms with Crippen LogP contribution in [-0.2, 0) is 21.2 Å².